The highest BCUT2D eigenvalue weighted by molar-refractivity contribution is 5.21. The van der Waals surface area contributed by atoms with E-state index >= 15 is 0 Å². The molecule has 0 bridgehead atoms. The Kier molecular flexibility index (Phi) is 4.26. The zero-order valence-corrected chi connectivity index (χ0v) is 8.21. The summed E-state index contributed by atoms with van der Waals surface area (Å²) in [4.78, 5) is 0. The van der Waals surface area contributed by atoms with Crippen LogP contribution in [0.1, 0.15) is 30.9 Å². The largest absolute Gasteiger partial charge is 0.388 e. The van der Waals surface area contributed by atoms with Crippen LogP contribution in [0.5, 0.6) is 0 Å². The van der Waals surface area contributed by atoms with Gasteiger partial charge < -0.3 is 5.11 Å². The molecule has 1 aromatic carbocycles. The first-order chi connectivity index (χ1) is 7.16. The van der Waals surface area contributed by atoms with Gasteiger partial charge in [-0.2, -0.15) is 0 Å². The van der Waals surface area contributed by atoms with Crippen molar-refractivity contribution in [2.24, 2.45) is 0 Å². The number of hydrogen-bond donors (Lipinski definition) is 1. The molecule has 1 nitrogen and oxygen atoms in total. The van der Waals surface area contributed by atoms with Crippen molar-refractivity contribution in [3.63, 3.8) is 0 Å². The normalized spacial score (nSPS) is 12.1. The van der Waals surface area contributed by atoms with Gasteiger partial charge in [0, 0.05) is 6.42 Å². The Morgan fingerprint density at radius 1 is 1.33 bits per heavy atom. The summed E-state index contributed by atoms with van der Waals surface area (Å²) in [6, 6.07) is 3.52. The van der Waals surface area contributed by atoms with Crippen molar-refractivity contribution in [3.05, 3.63) is 35.4 Å². The highest BCUT2D eigenvalue weighted by Gasteiger charge is 2.16. The third-order valence-corrected chi connectivity index (χ3v) is 2.13. The molecule has 0 aliphatic carbocycles. The predicted octanol–water partition coefficient (Wildman–Crippen LogP) is 2.80. The van der Waals surface area contributed by atoms with Crippen LogP contribution in [-0.4, -0.2) is 5.11 Å². The van der Waals surface area contributed by atoms with Crippen molar-refractivity contribution >= 4 is 0 Å². The molecule has 3 heteroatoms. The SMILES string of the molecule is C#CCCCC(O)c1c(F)cccc1F. The second kappa shape index (κ2) is 5.47. The number of rotatable bonds is 4. The van der Waals surface area contributed by atoms with Gasteiger partial charge in [-0.05, 0) is 25.0 Å². The Labute approximate surface area is 87.7 Å². The lowest BCUT2D eigenvalue weighted by atomic mass is 10.0. The van der Waals surface area contributed by atoms with E-state index in [4.69, 9.17) is 6.42 Å². The molecule has 0 aromatic heterocycles. The van der Waals surface area contributed by atoms with Gasteiger partial charge in [0.05, 0.1) is 11.7 Å². The lowest BCUT2D eigenvalue weighted by Gasteiger charge is -2.11. The Bertz CT molecular complexity index is 348. The van der Waals surface area contributed by atoms with Crippen LogP contribution < -0.4 is 0 Å². The molecular weight excluding hydrogens is 198 g/mol. The molecule has 0 radical (unpaired) electrons. The highest BCUT2D eigenvalue weighted by atomic mass is 19.1. The molecule has 1 rings (SSSR count). The minimum absolute atomic E-state index is 0.266. The molecule has 80 valence electrons. The summed E-state index contributed by atoms with van der Waals surface area (Å²) in [6.07, 6.45) is 5.21. The second-order valence-electron chi connectivity index (χ2n) is 3.25. The molecular formula is C12H12F2O. The minimum Gasteiger partial charge on any atom is -0.388 e. The molecule has 0 spiro atoms. The Morgan fingerprint density at radius 2 is 1.93 bits per heavy atom. The summed E-state index contributed by atoms with van der Waals surface area (Å²) in [5, 5.41) is 9.56. The maximum atomic E-state index is 13.2. The number of hydrogen-bond acceptors (Lipinski definition) is 1. The molecule has 0 aliphatic heterocycles. The van der Waals surface area contributed by atoms with E-state index in [1.165, 1.54) is 6.07 Å². The zero-order valence-electron chi connectivity index (χ0n) is 8.21. The fourth-order valence-corrected chi connectivity index (χ4v) is 1.37. The van der Waals surface area contributed by atoms with E-state index in [0.717, 1.165) is 12.1 Å². The smallest absolute Gasteiger partial charge is 0.131 e. The maximum Gasteiger partial charge on any atom is 0.131 e. The first-order valence-corrected chi connectivity index (χ1v) is 4.72. The number of aliphatic hydroxyl groups excluding tert-OH is 1. The van der Waals surface area contributed by atoms with Gasteiger partial charge in [-0.1, -0.05) is 6.07 Å². The average molecular weight is 210 g/mol. The van der Waals surface area contributed by atoms with Gasteiger partial charge in [-0.3, -0.25) is 0 Å². The molecule has 0 saturated heterocycles. The first-order valence-electron chi connectivity index (χ1n) is 4.72. The summed E-state index contributed by atoms with van der Waals surface area (Å²) < 4.78 is 26.3. The third-order valence-electron chi connectivity index (χ3n) is 2.13. The molecule has 1 atom stereocenters. The van der Waals surface area contributed by atoms with Gasteiger partial charge >= 0.3 is 0 Å². The second-order valence-corrected chi connectivity index (χ2v) is 3.25. The van der Waals surface area contributed by atoms with E-state index in [1.54, 1.807) is 0 Å². The van der Waals surface area contributed by atoms with Crippen LogP contribution in [0.4, 0.5) is 8.78 Å². The van der Waals surface area contributed by atoms with Gasteiger partial charge in [-0.25, -0.2) is 8.78 Å². The van der Waals surface area contributed by atoms with E-state index in [1.807, 2.05) is 0 Å². The molecule has 1 unspecified atom stereocenters. The number of aliphatic hydroxyl groups is 1. The van der Waals surface area contributed by atoms with Crippen molar-refractivity contribution in [2.75, 3.05) is 0 Å². The molecule has 1 aromatic rings. The van der Waals surface area contributed by atoms with Gasteiger partial charge in [0.15, 0.2) is 0 Å². The van der Waals surface area contributed by atoms with Crippen molar-refractivity contribution in [3.8, 4) is 12.3 Å². The van der Waals surface area contributed by atoms with E-state index in [2.05, 4.69) is 5.92 Å². The standard InChI is InChI=1S/C12H12F2O/c1-2-3-4-8-11(15)12-9(13)6-5-7-10(12)14/h1,5-7,11,15H,3-4,8H2. The highest BCUT2D eigenvalue weighted by Crippen LogP contribution is 2.24. The van der Waals surface area contributed by atoms with Gasteiger partial charge in [0.1, 0.15) is 11.6 Å². The molecule has 0 heterocycles. The van der Waals surface area contributed by atoms with E-state index < -0.39 is 17.7 Å². The molecule has 15 heavy (non-hydrogen) atoms. The lowest BCUT2D eigenvalue weighted by molar-refractivity contribution is 0.155. The minimum atomic E-state index is -1.13. The van der Waals surface area contributed by atoms with Crippen molar-refractivity contribution < 1.29 is 13.9 Å². The lowest BCUT2D eigenvalue weighted by Crippen LogP contribution is -2.03. The third kappa shape index (κ3) is 3.03. The fraction of sp³-hybridized carbons (Fsp3) is 0.333. The Morgan fingerprint density at radius 3 is 2.47 bits per heavy atom. The number of halogens is 2. The topological polar surface area (TPSA) is 20.2 Å². The maximum absolute atomic E-state index is 13.2. The molecule has 0 amide bonds. The molecule has 0 aliphatic rings. The van der Waals surface area contributed by atoms with Crippen LogP contribution in [0, 0.1) is 24.0 Å². The van der Waals surface area contributed by atoms with Gasteiger partial charge in [0.25, 0.3) is 0 Å². The van der Waals surface area contributed by atoms with Gasteiger partial charge in [-0.15, -0.1) is 12.3 Å². The molecule has 1 N–H and O–H groups in total. The summed E-state index contributed by atoms with van der Waals surface area (Å²) >= 11 is 0. The molecule has 0 fully saturated rings. The first kappa shape index (κ1) is 11.7. The quantitative estimate of drug-likeness (QED) is 0.598. The van der Waals surface area contributed by atoms with Crippen LogP contribution in [0.25, 0.3) is 0 Å². The van der Waals surface area contributed by atoms with Crippen molar-refractivity contribution in [1.82, 2.24) is 0 Å². The Hall–Kier alpha value is -1.40. The number of unbranched alkanes of at least 4 members (excludes halogenated alkanes) is 1. The predicted molar refractivity (Wildman–Crippen MR) is 54.0 cm³/mol. The van der Waals surface area contributed by atoms with E-state index in [-0.39, 0.29) is 12.0 Å². The number of benzene rings is 1. The van der Waals surface area contributed by atoms with Crippen LogP contribution >= 0.6 is 0 Å². The Balaban J connectivity index is 2.73. The van der Waals surface area contributed by atoms with Crippen LogP contribution in [0.3, 0.4) is 0 Å². The zero-order chi connectivity index (χ0) is 11.3. The summed E-state index contributed by atoms with van der Waals surface area (Å²) in [6.45, 7) is 0. The number of terminal acetylenes is 1. The van der Waals surface area contributed by atoms with Crippen molar-refractivity contribution in [1.29, 1.82) is 0 Å². The van der Waals surface area contributed by atoms with Crippen LogP contribution in [0.15, 0.2) is 18.2 Å². The van der Waals surface area contributed by atoms with Crippen LogP contribution in [0.2, 0.25) is 0 Å². The average Bonchev–Trinajstić information content (AvgIpc) is 2.18. The summed E-state index contributed by atoms with van der Waals surface area (Å²) in [5.41, 5.74) is -0.269. The van der Waals surface area contributed by atoms with Crippen LogP contribution in [-0.2, 0) is 0 Å². The molecule has 0 saturated carbocycles. The summed E-state index contributed by atoms with van der Waals surface area (Å²) in [7, 11) is 0. The van der Waals surface area contributed by atoms with Gasteiger partial charge in [0.2, 0.25) is 0 Å². The summed E-state index contributed by atoms with van der Waals surface area (Å²) in [5.74, 6) is 0.967. The monoisotopic (exact) mass is 210 g/mol. The van der Waals surface area contributed by atoms with E-state index in [9.17, 15) is 13.9 Å². The fourth-order valence-electron chi connectivity index (χ4n) is 1.37. The van der Waals surface area contributed by atoms with Crippen molar-refractivity contribution in [2.45, 2.75) is 25.4 Å². The van der Waals surface area contributed by atoms with E-state index in [0.29, 0.717) is 12.8 Å².